The summed E-state index contributed by atoms with van der Waals surface area (Å²) in [6.07, 6.45) is 0. The van der Waals surface area contributed by atoms with Crippen molar-refractivity contribution in [3.05, 3.63) is 59.7 Å². The summed E-state index contributed by atoms with van der Waals surface area (Å²) < 4.78 is 10.5. The lowest BCUT2D eigenvalue weighted by Crippen LogP contribution is -2.38. The quantitative estimate of drug-likeness (QED) is 0.906. The van der Waals surface area contributed by atoms with Gasteiger partial charge in [0.25, 0.3) is 5.91 Å². The van der Waals surface area contributed by atoms with Gasteiger partial charge in [-0.1, -0.05) is 30.3 Å². The molecule has 1 unspecified atom stereocenters. The Morgan fingerprint density at radius 1 is 1.18 bits per heavy atom. The average molecular weight is 299 g/mol. The van der Waals surface area contributed by atoms with Crippen molar-refractivity contribution in [2.75, 3.05) is 13.3 Å². The third-order valence-electron chi connectivity index (χ3n) is 3.62. The predicted octanol–water partition coefficient (Wildman–Crippen LogP) is 2.05. The Morgan fingerprint density at radius 3 is 2.68 bits per heavy atom. The molecule has 1 aliphatic rings. The second-order valence-corrected chi connectivity index (χ2v) is 5.39. The van der Waals surface area contributed by atoms with E-state index in [1.54, 1.807) is 25.1 Å². The van der Waals surface area contributed by atoms with Gasteiger partial charge in [0.1, 0.15) is 5.60 Å². The zero-order valence-electron chi connectivity index (χ0n) is 12.2. The van der Waals surface area contributed by atoms with Gasteiger partial charge in [0, 0.05) is 5.56 Å². The molecule has 1 heterocycles. The first-order valence-electron chi connectivity index (χ1n) is 7.02. The molecule has 3 rings (SSSR count). The molecule has 2 aromatic rings. The van der Waals surface area contributed by atoms with E-state index in [-0.39, 0.29) is 19.2 Å². The highest BCUT2D eigenvalue weighted by molar-refractivity contribution is 5.95. The highest BCUT2D eigenvalue weighted by Crippen LogP contribution is 2.32. The minimum Gasteiger partial charge on any atom is -0.454 e. The summed E-state index contributed by atoms with van der Waals surface area (Å²) in [6.45, 7) is 1.95. The lowest BCUT2D eigenvalue weighted by atomic mass is 9.96. The summed E-state index contributed by atoms with van der Waals surface area (Å²) in [5.41, 5.74) is 0.0851. The van der Waals surface area contributed by atoms with E-state index in [9.17, 15) is 9.90 Å². The molecule has 114 valence electrons. The fourth-order valence-corrected chi connectivity index (χ4v) is 2.29. The van der Waals surface area contributed by atoms with Gasteiger partial charge in [0.05, 0.1) is 6.54 Å². The van der Waals surface area contributed by atoms with E-state index in [0.717, 1.165) is 5.56 Å². The maximum absolute atomic E-state index is 12.2. The van der Waals surface area contributed by atoms with Crippen molar-refractivity contribution in [2.45, 2.75) is 12.5 Å². The number of amides is 1. The maximum atomic E-state index is 12.2. The van der Waals surface area contributed by atoms with Crippen molar-refractivity contribution in [3.8, 4) is 11.5 Å². The van der Waals surface area contributed by atoms with Gasteiger partial charge in [0.2, 0.25) is 6.79 Å². The van der Waals surface area contributed by atoms with E-state index in [1.165, 1.54) is 0 Å². The fourth-order valence-electron chi connectivity index (χ4n) is 2.29. The average Bonchev–Trinajstić information content (AvgIpc) is 3.01. The number of hydrogen-bond acceptors (Lipinski definition) is 4. The molecule has 1 aliphatic heterocycles. The predicted molar refractivity (Wildman–Crippen MR) is 80.9 cm³/mol. The van der Waals surface area contributed by atoms with Crippen molar-refractivity contribution in [2.24, 2.45) is 0 Å². The number of nitrogens with one attached hydrogen (secondary N) is 1. The van der Waals surface area contributed by atoms with Gasteiger partial charge in [-0.25, -0.2) is 0 Å². The molecular formula is C17H17NO4. The van der Waals surface area contributed by atoms with E-state index in [0.29, 0.717) is 17.1 Å². The Kier molecular flexibility index (Phi) is 3.73. The SMILES string of the molecule is CC(O)(CNC(=O)c1ccc2c(c1)OCO2)c1ccccc1. The third kappa shape index (κ3) is 2.89. The molecule has 2 aromatic carbocycles. The van der Waals surface area contributed by atoms with Crippen molar-refractivity contribution < 1.29 is 19.4 Å². The van der Waals surface area contributed by atoms with Gasteiger partial charge in [-0.15, -0.1) is 0 Å². The molecule has 0 radical (unpaired) electrons. The Morgan fingerprint density at radius 2 is 1.91 bits per heavy atom. The first-order chi connectivity index (χ1) is 10.6. The van der Waals surface area contributed by atoms with Gasteiger partial charge in [-0.2, -0.15) is 0 Å². The number of fused-ring (bicyclic) bond motifs is 1. The molecular weight excluding hydrogens is 282 g/mol. The molecule has 0 fully saturated rings. The Balaban J connectivity index is 1.67. The molecule has 0 bridgehead atoms. The minimum atomic E-state index is -1.13. The monoisotopic (exact) mass is 299 g/mol. The first-order valence-corrected chi connectivity index (χ1v) is 7.02. The van der Waals surface area contributed by atoms with Crippen molar-refractivity contribution in [1.82, 2.24) is 5.32 Å². The molecule has 0 aromatic heterocycles. The van der Waals surface area contributed by atoms with Crippen molar-refractivity contribution in [3.63, 3.8) is 0 Å². The van der Waals surface area contributed by atoms with Gasteiger partial charge < -0.3 is 19.9 Å². The largest absolute Gasteiger partial charge is 0.454 e. The molecule has 0 aliphatic carbocycles. The molecule has 1 atom stereocenters. The molecule has 22 heavy (non-hydrogen) atoms. The van der Waals surface area contributed by atoms with Crippen LogP contribution < -0.4 is 14.8 Å². The summed E-state index contributed by atoms with van der Waals surface area (Å²) in [5.74, 6) is 0.921. The molecule has 0 spiro atoms. The van der Waals surface area contributed by atoms with Crippen molar-refractivity contribution in [1.29, 1.82) is 0 Å². The number of carbonyl (C=O) groups is 1. The number of rotatable bonds is 4. The first kappa shape index (κ1) is 14.4. The second kappa shape index (κ2) is 5.69. The summed E-state index contributed by atoms with van der Waals surface area (Å²) in [6, 6.07) is 14.2. The van der Waals surface area contributed by atoms with Crippen LogP contribution >= 0.6 is 0 Å². The lowest BCUT2D eigenvalue weighted by molar-refractivity contribution is 0.0526. The number of aliphatic hydroxyl groups is 1. The van der Waals surface area contributed by atoms with Gasteiger partial charge in [-0.05, 0) is 30.7 Å². The van der Waals surface area contributed by atoms with Crippen LogP contribution in [0.25, 0.3) is 0 Å². The van der Waals surface area contributed by atoms with Crippen LogP contribution in [0.2, 0.25) is 0 Å². The molecule has 5 nitrogen and oxygen atoms in total. The topological polar surface area (TPSA) is 67.8 Å². The number of carbonyl (C=O) groups excluding carboxylic acids is 1. The maximum Gasteiger partial charge on any atom is 0.251 e. The number of ether oxygens (including phenoxy) is 2. The van der Waals surface area contributed by atoms with Gasteiger partial charge in [0.15, 0.2) is 11.5 Å². The van der Waals surface area contributed by atoms with Crippen LogP contribution in [0, 0.1) is 0 Å². The van der Waals surface area contributed by atoms with E-state index in [1.807, 2.05) is 30.3 Å². The van der Waals surface area contributed by atoms with E-state index >= 15 is 0 Å². The molecule has 2 N–H and O–H groups in total. The van der Waals surface area contributed by atoms with Gasteiger partial charge in [-0.3, -0.25) is 4.79 Å². The van der Waals surface area contributed by atoms with Crippen LogP contribution in [-0.4, -0.2) is 24.4 Å². The highest BCUT2D eigenvalue weighted by atomic mass is 16.7. The zero-order chi connectivity index (χ0) is 15.6. The minimum absolute atomic E-state index is 0.115. The molecule has 0 saturated carbocycles. The normalized spacial score (nSPS) is 15.2. The van der Waals surface area contributed by atoms with Crippen LogP contribution in [0.1, 0.15) is 22.8 Å². The smallest absolute Gasteiger partial charge is 0.251 e. The molecule has 1 amide bonds. The molecule has 5 heteroatoms. The Labute approximate surface area is 128 Å². The number of hydrogen-bond donors (Lipinski definition) is 2. The van der Waals surface area contributed by atoms with Gasteiger partial charge >= 0.3 is 0 Å². The Bertz CT molecular complexity index is 682. The van der Waals surface area contributed by atoms with Crippen LogP contribution in [0.3, 0.4) is 0 Å². The van der Waals surface area contributed by atoms with E-state index in [2.05, 4.69) is 5.32 Å². The summed E-state index contributed by atoms with van der Waals surface area (Å²) >= 11 is 0. The third-order valence-corrected chi connectivity index (χ3v) is 3.62. The Hall–Kier alpha value is -2.53. The summed E-state index contributed by atoms with van der Waals surface area (Å²) in [7, 11) is 0. The highest BCUT2D eigenvalue weighted by Gasteiger charge is 2.24. The van der Waals surface area contributed by atoms with Crippen LogP contribution in [0.15, 0.2) is 48.5 Å². The summed E-state index contributed by atoms with van der Waals surface area (Å²) in [5, 5.41) is 13.2. The van der Waals surface area contributed by atoms with Crippen LogP contribution in [-0.2, 0) is 5.60 Å². The summed E-state index contributed by atoms with van der Waals surface area (Å²) in [4.78, 5) is 12.2. The molecule has 0 saturated heterocycles. The lowest BCUT2D eigenvalue weighted by Gasteiger charge is -2.24. The standard InChI is InChI=1S/C17H17NO4/c1-17(20,13-5-3-2-4-6-13)10-18-16(19)12-7-8-14-15(9-12)22-11-21-14/h2-9,20H,10-11H2,1H3,(H,18,19). The fraction of sp³-hybridized carbons (Fsp3) is 0.235. The van der Waals surface area contributed by atoms with E-state index < -0.39 is 5.60 Å². The van der Waals surface area contributed by atoms with Crippen LogP contribution in [0.4, 0.5) is 0 Å². The second-order valence-electron chi connectivity index (χ2n) is 5.39. The van der Waals surface area contributed by atoms with Crippen LogP contribution in [0.5, 0.6) is 11.5 Å². The van der Waals surface area contributed by atoms with E-state index in [4.69, 9.17) is 9.47 Å². The van der Waals surface area contributed by atoms with Crippen molar-refractivity contribution >= 4 is 5.91 Å². The zero-order valence-corrected chi connectivity index (χ0v) is 12.2. The number of benzene rings is 2.